The number of amides is 2. The minimum Gasteiger partial charge on any atom is -0.491 e. The number of nitrogens with one attached hydrogen (secondary N) is 1. The number of benzene rings is 1. The van der Waals surface area contributed by atoms with E-state index in [-0.39, 0.29) is 23.3 Å². The number of carbonyl (C=O) groups excluding carboxylic acids is 2. The van der Waals surface area contributed by atoms with Crippen molar-refractivity contribution in [2.45, 2.75) is 33.8 Å². The van der Waals surface area contributed by atoms with Gasteiger partial charge < -0.3 is 19.5 Å². The quantitative estimate of drug-likeness (QED) is 0.795. The maximum Gasteiger partial charge on any atom is 0.274 e. The van der Waals surface area contributed by atoms with Crippen molar-refractivity contribution in [1.82, 2.24) is 9.47 Å². The topological polar surface area (TPSA) is 80.6 Å². The molecule has 0 saturated carbocycles. The molecule has 2 amide bonds. The fourth-order valence-electron chi connectivity index (χ4n) is 2.76. The Morgan fingerprint density at radius 2 is 1.71 bits per heavy atom. The monoisotopic (exact) mass is 385 g/mol. The highest BCUT2D eigenvalue weighted by molar-refractivity contribution is 6.05. The number of aryl methyl sites for hydroxylation is 1. The number of aromatic nitrogens is 1. The van der Waals surface area contributed by atoms with Crippen molar-refractivity contribution in [2.24, 2.45) is 7.05 Å². The van der Waals surface area contributed by atoms with Crippen LogP contribution in [-0.4, -0.2) is 40.5 Å². The number of nitrogens with zero attached hydrogens (tertiary/aromatic N) is 2. The smallest absolute Gasteiger partial charge is 0.274 e. The van der Waals surface area contributed by atoms with E-state index in [1.54, 1.807) is 36.2 Å². The average molecular weight is 385 g/mol. The summed E-state index contributed by atoms with van der Waals surface area (Å²) in [6.07, 6.45) is 1.52. The minimum absolute atomic E-state index is 0.0359. The van der Waals surface area contributed by atoms with E-state index in [1.807, 2.05) is 27.7 Å². The van der Waals surface area contributed by atoms with Gasteiger partial charge in [-0.1, -0.05) is 0 Å². The molecule has 0 spiro atoms. The zero-order valence-electron chi connectivity index (χ0n) is 17.0. The van der Waals surface area contributed by atoms with Gasteiger partial charge in [-0.3, -0.25) is 14.4 Å². The molecule has 0 saturated heterocycles. The molecule has 0 fully saturated rings. The van der Waals surface area contributed by atoms with E-state index in [9.17, 15) is 14.4 Å². The Balaban J connectivity index is 2.26. The van der Waals surface area contributed by atoms with Gasteiger partial charge in [0.15, 0.2) is 0 Å². The maximum absolute atomic E-state index is 12.6. The SMILES string of the molecule is CCN(CC)C(=O)c1cc(NC(=O)c2ccc(OC(C)C)cc2)c(=O)n(C)c1. The predicted octanol–water partition coefficient (Wildman–Crippen LogP) is 2.91. The molecular weight excluding hydrogens is 358 g/mol. The minimum atomic E-state index is -0.430. The summed E-state index contributed by atoms with van der Waals surface area (Å²) in [7, 11) is 1.55. The largest absolute Gasteiger partial charge is 0.491 e. The zero-order valence-corrected chi connectivity index (χ0v) is 17.0. The van der Waals surface area contributed by atoms with Gasteiger partial charge in [-0.05, 0) is 58.0 Å². The molecule has 7 heteroatoms. The first-order valence-corrected chi connectivity index (χ1v) is 9.34. The van der Waals surface area contributed by atoms with Gasteiger partial charge in [-0.25, -0.2) is 0 Å². The first-order chi connectivity index (χ1) is 13.3. The lowest BCUT2D eigenvalue weighted by molar-refractivity contribution is 0.0771. The van der Waals surface area contributed by atoms with Crippen LogP contribution in [0, 0.1) is 0 Å². The van der Waals surface area contributed by atoms with E-state index >= 15 is 0 Å². The summed E-state index contributed by atoms with van der Waals surface area (Å²) in [4.78, 5) is 39.2. The first kappa shape index (κ1) is 21.2. The standard InChI is InChI=1S/C21H27N3O4/c1-6-24(7-2)20(26)16-12-18(21(27)23(5)13-16)22-19(25)15-8-10-17(11-9-15)28-14(3)4/h8-14H,6-7H2,1-5H3,(H,22,25). The van der Waals surface area contributed by atoms with Crippen molar-refractivity contribution in [3.63, 3.8) is 0 Å². The fraction of sp³-hybridized carbons (Fsp3) is 0.381. The Bertz CT molecular complexity index is 897. The third-order valence-corrected chi connectivity index (χ3v) is 4.22. The highest BCUT2D eigenvalue weighted by Crippen LogP contribution is 2.15. The average Bonchev–Trinajstić information content (AvgIpc) is 2.66. The number of pyridine rings is 1. The third kappa shape index (κ3) is 5.00. The Hall–Kier alpha value is -3.09. The van der Waals surface area contributed by atoms with Crippen molar-refractivity contribution in [3.05, 3.63) is 58.0 Å². The van der Waals surface area contributed by atoms with Crippen LogP contribution in [0.15, 0.2) is 41.3 Å². The molecule has 0 unspecified atom stereocenters. The molecule has 7 nitrogen and oxygen atoms in total. The van der Waals surface area contributed by atoms with Crippen LogP contribution in [-0.2, 0) is 7.05 Å². The van der Waals surface area contributed by atoms with Crippen LogP contribution in [0.4, 0.5) is 5.69 Å². The lowest BCUT2D eigenvalue weighted by Gasteiger charge is -2.19. The normalized spacial score (nSPS) is 10.6. The van der Waals surface area contributed by atoms with Gasteiger partial charge in [-0.2, -0.15) is 0 Å². The molecule has 1 N–H and O–H groups in total. The summed E-state index contributed by atoms with van der Waals surface area (Å²) in [5.74, 6) is 0.0428. The third-order valence-electron chi connectivity index (χ3n) is 4.22. The highest BCUT2D eigenvalue weighted by Gasteiger charge is 2.17. The zero-order chi connectivity index (χ0) is 20.8. The summed E-state index contributed by atoms with van der Waals surface area (Å²) in [6, 6.07) is 8.09. The van der Waals surface area contributed by atoms with Gasteiger partial charge in [0.25, 0.3) is 17.4 Å². The molecule has 1 heterocycles. The number of hydrogen-bond donors (Lipinski definition) is 1. The van der Waals surface area contributed by atoms with Gasteiger partial charge in [0.1, 0.15) is 11.4 Å². The highest BCUT2D eigenvalue weighted by atomic mass is 16.5. The Morgan fingerprint density at radius 3 is 2.25 bits per heavy atom. The Kier molecular flexibility index (Phi) is 6.98. The number of ether oxygens (including phenoxy) is 1. The van der Waals surface area contributed by atoms with Crippen molar-refractivity contribution >= 4 is 17.5 Å². The first-order valence-electron chi connectivity index (χ1n) is 9.34. The molecule has 1 aromatic carbocycles. The van der Waals surface area contributed by atoms with Gasteiger partial charge in [0.05, 0.1) is 11.7 Å². The predicted molar refractivity (Wildman–Crippen MR) is 109 cm³/mol. The van der Waals surface area contributed by atoms with Gasteiger partial charge in [-0.15, -0.1) is 0 Å². The van der Waals surface area contributed by atoms with Gasteiger partial charge >= 0.3 is 0 Å². The van der Waals surface area contributed by atoms with E-state index in [0.717, 1.165) is 0 Å². The van der Waals surface area contributed by atoms with Gasteiger partial charge in [0.2, 0.25) is 0 Å². The van der Waals surface area contributed by atoms with E-state index < -0.39 is 5.91 Å². The molecular formula is C21H27N3O4. The van der Waals surface area contributed by atoms with Crippen LogP contribution in [0.2, 0.25) is 0 Å². The fourth-order valence-corrected chi connectivity index (χ4v) is 2.76. The molecule has 0 bridgehead atoms. The number of anilines is 1. The summed E-state index contributed by atoms with van der Waals surface area (Å²) < 4.78 is 6.86. The molecule has 28 heavy (non-hydrogen) atoms. The van der Waals surface area contributed by atoms with E-state index in [4.69, 9.17) is 4.74 Å². The number of carbonyl (C=O) groups is 2. The van der Waals surface area contributed by atoms with Crippen LogP contribution in [0.25, 0.3) is 0 Å². The van der Waals surface area contributed by atoms with E-state index in [2.05, 4.69) is 5.32 Å². The van der Waals surface area contributed by atoms with Crippen LogP contribution in [0.5, 0.6) is 5.75 Å². The molecule has 0 aliphatic rings. The van der Waals surface area contributed by atoms with E-state index in [1.165, 1.54) is 16.8 Å². The molecule has 0 aliphatic carbocycles. The lowest BCUT2D eigenvalue weighted by atomic mass is 10.2. The molecule has 150 valence electrons. The molecule has 0 aliphatic heterocycles. The Morgan fingerprint density at radius 1 is 1.11 bits per heavy atom. The molecule has 0 atom stereocenters. The summed E-state index contributed by atoms with van der Waals surface area (Å²) in [5.41, 5.74) is 0.414. The second-order valence-corrected chi connectivity index (χ2v) is 6.68. The molecule has 2 rings (SSSR count). The van der Waals surface area contributed by atoms with E-state index in [0.29, 0.717) is 30.0 Å². The second-order valence-electron chi connectivity index (χ2n) is 6.68. The van der Waals surface area contributed by atoms with Crippen molar-refractivity contribution in [1.29, 1.82) is 0 Å². The number of rotatable bonds is 7. The van der Waals surface area contributed by atoms with Crippen molar-refractivity contribution in [3.8, 4) is 5.75 Å². The summed E-state index contributed by atoms with van der Waals surface area (Å²) in [6.45, 7) is 8.73. The molecule has 1 aromatic heterocycles. The van der Waals surface area contributed by atoms with Gasteiger partial charge in [0, 0.05) is 31.9 Å². The number of hydrogen-bond acceptors (Lipinski definition) is 4. The maximum atomic E-state index is 12.6. The van der Waals surface area contributed by atoms with Crippen LogP contribution in [0.3, 0.4) is 0 Å². The van der Waals surface area contributed by atoms with Crippen molar-refractivity contribution < 1.29 is 14.3 Å². The van der Waals surface area contributed by atoms with Crippen LogP contribution >= 0.6 is 0 Å². The summed E-state index contributed by atoms with van der Waals surface area (Å²) in [5, 5.41) is 2.61. The molecule has 0 radical (unpaired) electrons. The molecule has 2 aromatic rings. The van der Waals surface area contributed by atoms with Crippen LogP contribution in [0.1, 0.15) is 48.4 Å². The Labute approximate surface area is 164 Å². The second kappa shape index (κ2) is 9.21. The van der Waals surface area contributed by atoms with Crippen molar-refractivity contribution in [2.75, 3.05) is 18.4 Å². The van der Waals surface area contributed by atoms with Crippen LogP contribution < -0.4 is 15.6 Å². The summed E-state index contributed by atoms with van der Waals surface area (Å²) >= 11 is 0. The lowest BCUT2D eigenvalue weighted by Crippen LogP contribution is -2.32.